The van der Waals surface area contributed by atoms with Gasteiger partial charge in [-0.05, 0) is 32.8 Å². The second-order valence-corrected chi connectivity index (χ2v) is 6.81. The molecular weight excluding hydrogens is 333 g/mol. The van der Waals surface area contributed by atoms with Gasteiger partial charge in [-0.25, -0.2) is 9.82 Å². The van der Waals surface area contributed by atoms with E-state index in [-0.39, 0.29) is 11.7 Å². The minimum absolute atomic E-state index is 0.00444. The van der Waals surface area contributed by atoms with E-state index in [0.29, 0.717) is 12.5 Å². The summed E-state index contributed by atoms with van der Waals surface area (Å²) in [6.07, 6.45) is 4.08. The molecule has 0 aromatic heterocycles. The lowest BCUT2D eigenvalue weighted by Gasteiger charge is -2.34. The van der Waals surface area contributed by atoms with E-state index >= 15 is 0 Å². The van der Waals surface area contributed by atoms with E-state index in [1.165, 1.54) is 12.1 Å². The fourth-order valence-electron chi connectivity index (χ4n) is 3.01. The fourth-order valence-corrected chi connectivity index (χ4v) is 3.01. The number of aliphatic hydroxyl groups is 1. The summed E-state index contributed by atoms with van der Waals surface area (Å²) < 4.78 is 47.8. The van der Waals surface area contributed by atoms with Crippen LogP contribution in [0.4, 0.5) is 13.2 Å². The Kier molecular flexibility index (Phi) is 4.97. The van der Waals surface area contributed by atoms with Crippen LogP contribution in [0, 0.1) is 11.7 Å². The van der Waals surface area contributed by atoms with Crippen molar-refractivity contribution in [2.75, 3.05) is 13.2 Å². The Morgan fingerprint density at radius 2 is 2.12 bits per heavy atom. The van der Waals surface area contributed by atoms with Crippen LogP contribution in [-0.2, 0) is 10.7 Å². The molecule has 138 valence electrons. The molecule has 25 heavy (non-hydrogen) atoms. The zero-order valence-electron chi connectivity index (χ0n) is 14.3. The zero-order valence-corrected chi connectivity index (χ0v) is 14.3. The molecule has 0 spiro atoms. The van der Waals surface area contributed by atoms with Crippen LogP contribution in [0.3, 0.4) is 0 Å². The molecule has 0 bridgehead atoms. The second-order valence-electron chi connectivity index (χ2n) is 6.81. The molecule has 7 heteroatoms. The summed E-state index contributed by atoms with van der Waals surface area (Å²) in [4.78, 5) is 0. The van der Waals surface area contributed by atoms with Crippen molar-refractivity contribution in [3.8, 4) is 0 Å². The van der Waals surface area contributed by atoms with Crippen LogP contribution >= 0.6 is 0 Å². The smallest absolute Gasteiger partial charge is 0.298 e. The number of nitrogens with one attached hydrogen (secondary N) is 1. The lowest BCUT2D eigenvalue weighted by molar-refractivity contribution is -0.0584. The second kappa shape index (κ2) is 6.88. The Hall–Kier alpha value is -1.73. The molecule has 0 radical (unpaired) electrons. The van der Waals surface area contributed by atoms with Crippen molar-refractivity contribution >= 4 is 0 Å². The Bertz CT molecular complexity index is 662. The number of hydrazine groups is 1. The number of ether oxygens (including phenoxy) is 1. The average molecular weight is 356 g/mol. The van der Waals surface area contributed by atoms with Crippen molar-refractivity contribution in [3.63, 3.8) is 0 Å². The molecule has 0 saturated heterocycles. The van der Waals surface area contributed by atoms with Gasteiger partial charge in [0.1, 0.15) is 24.3 Å². The molecule has 1 heterocycles. The van der Waals surface area contributed by atoms with E-state index in [9.17, 15) is 13.2 Å². The van der Waals surface area contributed by atoms with Gasteiger partial charge in [0.15, 0.2) is 0 Å². The topological polar surface area (TPSA) is 44.7 Å². The van der Waals surface area contributed by atoms with Gasteiger partial charge in [-0.1, -0.05) is 12.1 Å². The third-order valence-corrected chi connectivity index (χ3v) is 4.50. The number of hydrogen-bond donors (Lipinski definition) is 2. The summed E-state index contributed by atoms with van der Waals surface area (Å²) in [7, 11) is 0. The molecule has 4 nitrogen and oxygen atoms in total. The molecule has 1 unspecified atom stereocenters. The van der Waals surface area contributed by atoms with Gasteiger partial charge in [0, 0.05) is 11.5 Å². The standard InChI is InChI=1S/C18H23F3N2O2/c1-11-8-23(9-16(25-11)13-6-7-13)22-12(2)14-4-3-5-15(17(14)19)18(20,21)10-24/h3-5,9,11-13,22,24H,6-8,10H2,1-2H3/t11-,12?/m1/s1. The Morgan fingerprint density at radius 1 is 1.40 bits per heavy atom. The number of rotatable bonds is 6. The van der Waals surface area contributed by atoms with Gasteiger partial charge in [-0.2, -0.15) is 8.78 Å². The van der Waals surface area contributed by atoms with E-state index in [0.717, 1.165) is 24.7 Å². The monoisotopic (exact) mass is 356 g/mol. The minimum atomic E-state index is -3.60. The van der Waals surface area contributed by atoms with Crippen LogP contribution in [0.1, 0.15) is 43.9 Å². The van der Waals surface area contributed by atoms with Gasteiger partial charge >= 0.3 is 0 Å². The molecule has 2 N–H and O–H groups in total. The molecule has 1 saturated carbocycles. The summed E-state index contributed by atoms with van der Waals surface area (Å²) in [6.45, 7) is 2.82. The first-order valence-corrected chi connectivity index (χ1v) is 8.50. The van der Waals surface area contributed by atoms with Crippen molar-refractivity contribution in [1.29, 1.82) is 0 Å². The van der Waals surface area contributed by atoms with Gasteiger partial charge < -0.3 is 14.9 Å². The molecule has 1 aliphatic carbocycles. The maximum Gasteiger partial charge on any atom is 0.298 e. The molecule has 2 aliphatic rings. The highest BCUT2D eigenvalue weighted by Gasteiger charge is 2.35. The molecule has 0 amide bonds. The summed E-state index contributed by atoms with van der Waals surface area (Å²) in [5.74, 6) is -3.23. The van der Waals surface area contributed by atoms with Gasteiger partial charge in [0.25, 0.3) is 5.92 Å². The van der Waals surface area contributed by atoms with E-state index in [4.69, 9.17) is 9.84 Å². The van der Waals surface area contributed by atoms with Gasteiger partial charge in [0.2, 0.25) is 0 Å². The van der Waals surface area contributed by atoms with Crippen molar-refractivity contribution in [3.05, 3.63) is 47.1 Å². The number of hydrogen-bond acceptors (Lipinski definition) is 4. The van der Waals surface area contributed by atoms with Crippen LogP contribution in [-0.4, -0.2) is 29.4 Å². The van der Waals surface area contributed by atoms with E-state index < -0.39 is 30.0 Å². The summed E-state index contributed by atoms with van der Waals surface area (Å²) in [6, 6.07) is 3.34. The number of nitrogens with zero attached hydrogens (tertiary/aromatic N) is 1. The first-order chi connectivity index (χ1) is 11.8. The molecule has 1 aromatic carbocycles. The molecule has 1 aromatic rings. The van der Waals surface area contributed by atoms with E-state index in [1.807, 2.05) is 18.1 Å². The Labute approximate surface area is 145 Å². The van der Waals surface area contributed by atoms with E-state index in [2.05, 4.69) is 5.43 Å². The molecule has 1 fully saturated rings. The highest BCUT2D eigenvalue weighted by atomic mass is 19.3. The number of benzene rings is 1. The van der Waals surface area contributed by atoms with Gasteiger partial charge in [0.05, 0.1) is 24.4 Å². The highest BCUT2D eigenvalue weighted by Crippen LogP contribution is 2.39. The number of allylic oxidation sites excluding steroid dienone is 1. The third kappa shape index (κ3) is 3.93. The predicted molar refractivity (Wildman–Crippen MR) is 87.0 cm³/mol. The van der Waals surface area contributed by atoms with Crippen molar-refractivity contribution in [2.45, 2.75) is 44.8 Å². The molecular formula is C18H23F3N2O2. The molecule has 2 atom stereocenters. The van der Waals surface area contributed by atoms with Crippen LogP contribution < -0.4 is 5.43 Å². The molecule has 3 rings (SSSR count). The van der Waals surface area contributed by atoms with Crippen LogP contribution in [0.5, 0.6) is 0 Å². The average Bonchev–Trinajstić information content (AvgIpc) is 3.39. The normalized spacial score (nSPS) is 22.4. The fraction of sp³-hybridized carbons (Fsp3) is 0.556. The SMILES string of the molecule is CC(NN1C=C(C2CC2)O[C@H](C)C1)c1cccc(C(F)(F)CO)c1F. The number of alkyl halides is 2. The first-order valence-electron chi connectivity index (χ1n) is 8.50. The zero-order chi connectivity index (χ0) is 18.2. The quantitative estimate of drug-likeness (QED) is 0.820. The Morgan fingerprint density at radius 3 is 2.76 bits per heavy atom. The first kappa shape index (κ1) is 18.1. The maximum atomic E-state index is 14.6. The number of halogens is 3. The van der Waals surface area contributed by atoms with Crippen molar-refractivity contribution in [2.24, 2.45) is 5.92 Å². The van der Waals surface area contributed by atoms with E-state index in [1.54, 1.807) is 6.92 Å². The minimum Gasteiger partial charge on any atom is -0.491 e. The van der Waals surface area contributed by atoms with Crippen molar-refractivity contribution in [1.82, 2.24) is 10.4 Å². The highest BCUT2D eigenvalue weighted by molar-refractivity contribution is 5.31. The lowest BCUT2D eigenvalue weighted by atomic mass is 10.0. The third-order valence-electron chi connectivity index (χ3n) is 4.50. The van der Waals surface area contributed by atoms with Crippen LogP contribution in [0.15, 0.2) is 30.2 Å². The summed E-state index contributed by atoms with van der Waals surface area (Å²) >= 11 is 0. The predicted octanol–water partition coefficient (Wildman–Crippen LogP) is 3.45. The lowest BCUT2D eigenvalue weighted by Crippen LogP contribution is -2.43. The van der Waals surface area contributed by atoms with Gasteiger partial charge in [-0.15, -0.1) is 0 Å². The Balaban J connectivity index is 1.78. The largest absolute Gasteiger partial charge is 0.491 e. The molecule has 1 aliphatic heterocycles. The summed E-state index contributed by atoms with van der Waals surface area (Å²) in [5.41, 5.74) is 2.49. The summed E-state index contributed by atoms with van der Waals surface area (Å²) in [5, 5.41) is 10.7. The van der Waals surface area contributed by atoms with Gasteiger partial charge in [-0.3, -0.25) is 0 Å². The maximum absolute atomic E-state index is 14.6. The number of aliphatic hydroxyl groups excluding tert-OH is 1. The van der Waals surface area contributed by atoms with Crippen LogP contribution in [0.2, 0.25) is 0 Å². The van der Waals surface area contributed by atoms with Crippen LogP contribution in [0.25, 0.3) is 0 Å². The van der Waals surface area contributed by atoms with Crippen molar-refractivity contribution < 1.29 is 23.0 Å².